The highest BCUT2D eigenvalue weighted by Gasteiger charge is 2.01. The number of rotatable bonds is 6. The van der Waals surface area contributed by atoms with E-state index in [0.717, 1.165) is 31.7 Å². The minimum absolute atomic E-state index is 0.907. The van der Waals surface area contributed by atoms with Crippen molar-refractivity contribution in [2.45, 2.75) is 19.9 Å². The second-order valence-electron chi connectivity index (χ2n) is 3.85. The lowest BCUT2D eigenvalue weighted by Gasteiger charge is -1.99. The number of imidazole rings is 1. The summed E-state index contributed by atoms with van der Waals surface area (Å²) in [6.07, 6.45) is 5.04. The van der Waals surface area contributed by atoms with Gasteiger partial charge in [0.15, 0.2) is 0 Å². The van der Waals surface area contributed by atoms with Crippen LogP contribution in [0.4, 0.5) is 0 Å². The third kappa shape index (κ3) is 3.94. The molecular formula is C12H16BrN3S. The fourth-order valence-electron chi connectivity index (χ4n) is 1.63. The van der Waals surface area contributed by atoms with Crippen LogP contribution < -0.4 is 5.32 Å². The van der Waals surface area contributed by atoms with E-state index in [1.165, 1.54) is 8.66 Å². The van der Waals surface area contributed by atoms with Crippen molar-refractivity contribution in [3.63, 3.8) is 0 Å². The molecule has 0 aromatic carbocycles. The summed E-state index contributed by atoms with van der Waals surface area (Å²) >= 11 is 5.25. The van der Waals surface area contributed by atoms with Crippen LogP contribution in [0.1, 0.15) is 17.5 Å². The molecule has 3 nitrogen and oxygen atoms in total. The van der Waals surface area contributed by atoms with E-state index in [2.05, 4.69) is 56.1 Å². The predicted octanol–water partition coefficient (Wildman–Crippen LogP) is 2.91. The Kier molecular flexibility index (Phi) is 4.76. The standard InChI is InChI=1S/C12H16BrN3S/c1-2-14-6-5-10-7-16(9-15-10)8-11-3-4-12(13)17-11/h3-4,7,9,14H,2,5-6,8H2,1H3. The molecule has 0 aliphatic carbocycles. The molecule has 92 valence electrons. The van der Waals surface area contributed by atoms with Gasteiger partial charge in [-0.05, 0) is 34.6 Å². The summed E-state index contributed by atoms with van der Waals surface area (Å²) in [5, 5.41) is 3.31. The van der Waals surface area contributed by atoms with Crippen molar-refractivity contribution in [2.24, 2.45) is 0 Å². The molecule has 0 fully saturated rings. The minimum Gasteiger partial charge on any atom is -0.332 e. The van der Waals surface area contributed by atoms with E-state index >= 15 is 0 Å². The molecule has 1 N–H and O–H groups in total. The molecule has 2 aromatic rings. The Balaban J connectivity index is 1.89. The number of nitrogens with zero attached hydrogens (tertiary/aromatic N) is 2. The van der Waals surface area contributed by atoms with Crippen LogP contribution in [0.5, 0.6) is 0 Å². The summed E-state index contributed by atoms with van der Waals surface area (Å²) in [5.41, 5.74) is 1.15. The lowest BCUT2D eigenvalue weighted by Crippen LogP contribution is -2.16. The first-order valence-electron chi connectivity index (χ1n) is 5.73. The fourth-order valence-corrected chi connectivity index (χ4v) is 3.12. The minimum atomic E-state index is 0.907. The van der Waals surface area contributed by atoms with Crippen molar-refractivity contribution in [1.29, 1.82) is 0 Å². The van der Waals surface area contributed by atoms with Crippen LogP contribution in [-0.2, 0) is 13.0 Å². The summed E-state index contributed by atoms with van der Waals surface area (Å²) in [5.74, 6) is 0. The van der Waals surface area contributed by atoms with Crippen molar-refractivity contribution in [3.8, 4) is 0 Å². The number of aromatic nitrogens is 2. The van der Waals surface area contributed by atoms with Gasteiger partial charge in [-0.1, -0.05) is 6.92 Å². The van der Waals surface area contributed by atoms with Gasteiger partial charge in [0.05, 0.1) is 22.4 Å². The fraction of sp³-hybridized carbons (Fsp3) is 0.417. The molecule has 0 saturated heterocycles. The van der Waals surface area contributed by atoms with Crippen LogP contribution in [0.2, 0.25) is 0 Å². The third-order valence-corrected chi connectivity index (χ3v) is 4.07. The van der Waals surface area contributed by atoms with Gasteiger partial charge >= 0.3 is 0 Å². The van der Waals surface area contributed by atoms with Crippen LogP contribution >= 0.6 is 27.3 Å². The largest absolute Gasteiger partial charge is 0.332 e. The molecule has 0 radical (unpaired) electrons. The first kappa shape index (κ1) is 12.8. The molecular weight excluding hydrogens is 298 g/mol. The number of nitrogens with one attached hydrogen (secondary N) is 1. The Morgan fingerprint density at radius 2 is 2.35 bits per heavy atom. The highest BCUT2D eigenvalue weighted by atomic mass is 79.9. The average Bonchev–Trinajstić information content (AvgIpc) is 2.90. The molecule has 0 aliphatic heterocycles. The SMILES string of the molecule is CCNCCc1cn(Cc2ccc(Br)s2)cn1. The molecule has 0 bridgehead atoms. The van der Waals surface area contributed by atoms with Crippen LogP contribution in [0, 0.1) is 0 Å². The van der Waals surface area contributed by atoms with Crippen molar-refractivity contribution < 1.29 is 0 Å². The van der Waals surface area contributed by atoms with Gasteiger partial charge in [-0.2, -0.15) is 0 Å². The smallest absolute Gasteiger partial charge is 0.0952 e. The Hall–Kier alpha value is -0.650. The zero-order chi connectivity index (χ0) is 12.1. The highest BCUT2D eigenvalue weighted by molar-refractivity contribution is 9.11. The van der Waals surface area contributed by atoms with Gasteiger partial charge in [-0.25, -0.2) is 4.98 Å². The van der Waals surface area contributed by atoms with Crippen LogP contribution in [0.25, 0.3) is 0 Å². The second-order valence-corrected chi connectivity index (χ2v) is 6.39. The van der Waals surface area contributed by atoms with E-state index in [0.29, 0.717) is 0 Å². The lowest BCUT2D eigenvalue weighted by molar-refractivity contribution is 0.709. The normalized spacial score (nSPS) is 10.9. The molecule has 0 unspecified atom stereocenters. The van der Waals surface area contributed by atoms with Gasteiger partial charge in [0, 0.05) is 24.0 Å². The highest BCUT2D eigenvalue weighted by Crippen LogP contribution is 2.22. The first-order chi connectivity index (χ1) is 8.28. The molecule has 5 heteroatoms. The molecule has 0 atom stereocenters. The topological polar surface area (TPSA) is 29.9 Å². The van der Waals surface area contributed by atoms with Gasteiger partial charge in [0.25, 0.3) is 0 Å². The number of hydrogen-bond donors (Lipinski definition) is 1. The first-order valence-corrected chi connectivity index (χ1v) is 7.34. The monoisotopic (exact) mass is 313 g/mol. The number of halogens is 1. The Morgan fingerprint density at radius 1 is 1.47 bits per heavy atom. The molecule has 0 saturated carbocycles. The Bertz CT molecular complexity index is 464. The predicted molar refractivity (Wildman–Crippen MR) is 75.6 cm³/mol. The van der Waals surface area contributed by atoms with Gasteiger partial charge < -0.3 is 9.88 Å². The quantitative estimate of drug-likeness (QED) is 0.831. The summed E-state index contributed by atoms with van der Waals surface area (Å²) in [4.78, 5) is 5.75. The van der Waals surface area contributed by atoms with Gasteiger partial charge in [0.2, 0.25) is 0 Å². The van der Waals surface area contributed by atoms with Gasteiger partial charge in [-0.15, -0.1) is 11.3 Å². The van der Waals surface area contributed by atoms with E-state index in [1.54, 1.807) is 11.3 Å². The summed E-state index contributed by atoms with van der Waals surface area (Å²) in [6.45, 7) is 5.04. The van der Waals surface area contributed by atoms with Crippen molar-refractivity contribution in [3.05, 3.63) is 39.0 Å². The van der Waals surface area contributed by atoms with E-state index in [-0.39, 0.29) is 0 Å². The molecule has 0 aliphatic rings. The number of thiophene rings is 1. The maximum absolute atomic E-state index is 4.41. The van der Waals surface area contributed by atoms with Crippen molar-refractivity contribution >= 4 is 27.3 Å². The molecule has 2 heterocycles. The lowest BCUT2D eigenvalue weighted by atomic mass is 10.3. The van der Waals surface area contributed by atoms with Crippen LogP contribution in [0.15, 0.2) is 28.4 Å². The zero-order valence-electron chi connectivity index (χ0n) is 9.82. The van der Waals surface area contributed by atoms with E-state index in [4.69, 9.17) is 0 Å². The van der Waals surface area contributed by atoms with E-state index in [1.807, 2.05) is 6.33 Å². The summed E-state index contributed by atoms with van der Waals surface area (Å²) in [7, 11) is 0. The molecule has 2 rings (SSSR count). The van der Waals surface area contributed by atoms with Crippen molar-refractivity contribution in [2.75, 3.05) is 13.1 Å². The zero-order valence-corrected chi connectivity index (χ0v) is 12.2. The van der Waals surface area contributed by atoms with Gasteiger partial charge in [-0.3, -0.25) is 0 Å². The number of likely N-dealkylation sites (N-methyl/N-ethyl adjacent to an activating group) is 1. The maximum Gasteiger partial charge on any atom is 0.0952 e. The Morgan fingerprint density at radius 3 is 3.06 bits per heavy atom. The van der Waals surface area contributed by atoms with Crippen LogP contribution in [-0.4, -0.2) is 22.6 Å². The molecule has 17 heavy (non-hydrogen) atoms. The van der Waals surface area contributed by atoms with Crippen molar-refractivity contribution in [1.82, 2.24) is 14.9 Å². The average molecular weight is 314 g/mol. The molecule has 2 aromatic heterocycles. The van der Waals surface area contributed by atoms with Gasteiger partial charge in [0.1, 0.15) is 0 Å². The summed E-state index contributed by atoms with van der Waals surface area (Å²) < 4.78 is 3.32. The molecule has 0 spiro atoms. The van der Waals surface area contributed by atoms with E-state index in [9.17, 15) is 0 Å². The van der Waals surface area contributed by atoms with E-state index < -0.39 is 0 Å². The third-order valence-electron chi connectivity index (χ3n) is 2.46. The van der Waals surface area contributed by atoms with Crippen LogP contribution in [0.3, 0.4) is 0 Å². The Labute approximate surface area is 114 Å². The maximum atomic E-state index is 4.41. The second kappa shape index (κ2) is 6.33. The number of hydrogen-bond acceptors (Lipinski definition) is 3. The molecule has 0 amide bonds. The summed E-state index contributed by atoms with van der Waals surface area (Å²) in [6, 6.07) is 4.23.